The van der Waals surface area contributed by atoms with E-state index in [9.17, 15) is 0 Å². The molecule has 1 N–H and O–H groups in total. The summed E-state index contributed by atoms with van der Waals surface area (Å²) >= 11 is 3.55. The molecule has 0 heterocycles. The van der Waals surface area contributed by atoms with Gasteiger partial charge in [0.15, 0.2) is 0 Å². The van der Waals surface area contributed by atoms with E-state index in [0.717, 1.165) is 42.3 Å². The Morgan fingerprint density at radius 1 is 1.20 bits per heavy atom. The maximum absolute atomic E-state index is 5.70. The van der Waals surface area contributed by atoms with E-state index in [4.69, 9.17) is 4.74 Å². The summed E-state index contributed by atoms with van der Waals surface area (Å²) in [6.07, 6.45) is 4.76. The third kappa shape index (κ3) is 6.76. The predicted octanol–water partition coefficient (Wildman–Crippen LogP) is 4.81. The molecule has 0 saturated carbocycles. The number of halogens is 1. The smallest absolute Gasteiger partial charge is 0.122 e. The van der Waals surface area contributed by atoms with Gasteiger partial charge in [-0.25, -0.2) is 0 Å². The van der Waals surface area contributed by atoms with Crippen LogP contribution in [0.4, 0.5) is 0 Å². The second-order valence-electron chi connectivity index (χ2n) is 5.37. The molecule has 1 rings (SSSR count). The van der Waals surface area contributed by atoms with Crippen molar-refractivity contribution in [1.29, 1.82) is 0 Å². The zero-order valence-electron chi connectivity index (χ0n) is 13.0. The summed E-state index contributed by atoms with van der Waals surface area (Å²) in [6.45, 7) is 9.57. The van der Waals surface area contributed by atoms with Crippen LogP contribution in [0.25, 0.3) is 0 Å². The fourth-order valence-corrected chi connectivity index (χ4v) is 2.64. The van der Waals surface area contributed by atoms with E-state index < -0.39 is 0 Å². The van der Waals surface area contributed by atoms with Gasteiger partial charge >= 0.3 is 0 Å². The summed E-state index contributed by atoms with van der Waals surface area (Å²) in [6, 6.07) is 6.30. The number of benzene rings is 1. The van der Waals surface area contributed by atoms with Crippen LogP contribution in [0.3, 0.4) is 0 Å². The van der Waals surface area contributed by atoms with Gasteiger partial charge in [0.05, 0.1) is 6.61 Å². The van der Waals surface area contributed by atoms with E-state index in [1.807, 2.05) is 13.0 Å². The molecule has 0 aliphatic carbocycles. The van der Waals surface area contributed by atoms with Gasteiger partial charge < -0.3 is 10.1 Å². The first-order chi connectivity index (χ1) is 9.67. The van der Waals surface area contributed by atoms with Crippen molar-refractivity contribution in [3.63, 3.8) is 0 Å². The Labute approximate surface area is 132 Å². The molecule has 1 atom stereocenters. The minimum atomic E-state index is 0.727. The Kier molecular flexibility index (Phi) is 8.95. The molecule has 0 fully saturated rings. The van der Waals surface area contributed by atoms with Crippen LogP contribution >= 0.6 is 15.9 Å². The molecule has 1 unspecified atom stereocenters. The van der Waals surface area contributed by atoms with Gasteiger partial charge in [0.25, 0.3) is 0 Å². The average molecular weight is 342 g/mol. The molecule has 1 aromatic carbocycles. The number of hydrogen-bond acceptors (Lipinski definition) is 2. The fourth-order valence-electron chi connectivity index (χ4n) is 2.24. The van der Waals surface area contributed by atoms with Crippen molar-refractivity contribution < 1.29 is 4.74 Å². The second-order valence-corrected chi connectivity index (χ2v) is 6.28. The van der Waals surface area contributed by atoms with Crippen LogP contribution in [0, 0.1) is 5.92 Å². The largest absolute Gasteiger partial charge is 0.494 e. The standard InChI is InChI=1S/C17H28BrNO/c1-4-11-19-12-10-14(3)6-7-15-13-16(18)8-9-17(15)20-5-2/h8-9,13-14,19H,4-7,10-12H2,1-3H3. The number of nitrogens with one attached hydrogen (secondary N) is 1. The molecule has 114 valence electrons. The van der Waals surface area contributed by atoms with Crippen molar-refractivity contribution in [3.05, 3.63) is 28.2 Å². The molecule has 0 saturated heterocycles. The molecule has 0 amide bonds. The van der Waals surface area contributed by atoms with Gasteiger partial charge in [-0.2, -0.15) is 0 Å². The van der Waals surface area contributed by atoms with Gasteiger partial charge in [-0.1, -0.05) is 29.8 Å². The third-order valence-corrected chi connectivity index (χ3v) is 3.96. The fraction of sp³-hybridized carbons (Fsp3) is 0.647. The number of aryl methyl sites for hydroxylation is 1. The van der Waals surface area contributed by atoms with Crippen molar-refractivity contribution in [2.24, 2.45) is 5.92 Å². The zero-order chi connectivity index (χ0) is 14.8. The monoisotopic (exact) mass is 341 g/mol. The predicted molar refractivity (Wildman–Crippen MR) is 90.6 cm³/mol. The molecule has 0 aliphatic heterocycles. The lowest BCUT2D eigenvalue weighted by molar-refractivity contribution is 0.335. The van der Waals surface area contributed by atoms with Gasteiger partial charge in [0.1, 0.15) is 5.75 Å². The van der Waals surface area contributed by atoms with Crippen molar-refractivity contribution in [2.45, 2.75) is 46.5 Å². The Bertz CT molecular complexity index is 381. The van der Waals surface area contributed by atoms with Crippen LogP contribution in [0.2, 0.25) is 0 Å². The minimum Gasteiger partial charge on any atom is -0.494 e. The molecule has 0 aromatic heterocycles. The van der Waals surface area contributed by atoms with Gasteiger partial charge in [-0.05, 0) is 75.4 Å². The summed E-state index contributed by atoms with van der Waals surface area (Å²) in [5.41, 5.74) is 1.31. The van der Waals surface area contributed by atoms with Crippen molar-refractivity contribution >= 4 is 15.9 Å². The molecule has 0 radical (unpaired) electrons. The molecular formula is C17H28BrNO. The Morgan fingerprint density at radius 3 is 2.70 bits per heavy atom. The lowest BCUT2D eigenvalue weighted by atomic mass is 9.98. The van der Waals surface area contributed by atoms with Crippen molar-refractivity contribution in [1.82, 2.24) is 5.32 Å². The minimum absolute atomic E-state index is 0.727. The number of rotatable bonds is 10. The molecule has 3 heteroatoms. The Balaban J connectivity index is 2.41. The van der Waals surface area contributed by atoms with Gasteiger partial charge in [0, 0.05) is 4.47 Å². The van der Waals surface area contributed by atoms with Crippen LogP contribution in [0.15, 0.2) is 22.7 Å². The maximum atomic E-state index is 5.70. The first kappa shape index (κ1) is 17.5. The molecule has 0 aliphatic rings. The first-order valence-electron chi connectivity index (χ1n) is 7.79. The quantitative estimate of drug-likeness (QED) is 0.616. The SMILES string of the molecule is CCCNCCC(C)CCc1cc(Br)ccc1OCC. The maximum Gasteiger partial charge on any atom is 0.122 e. The first-order valence-corrected chi connectivity index (χ1v) is 8.58. The van der Waals surface area contributed by atoms with E-state index >= 15 is 0 Å². The zero-order valence-corrected chi connectivity index (χ0v) is 14.6. The number of ether oxygens (including phenoxy) is 1. The number of hydrogen-bond donors (Lipinski definition) is 1. The highest BCUT2D eigenvalue weighted by molar-refractivity contribution is 9.10. The second kappa shape index (κ2) is 10.2. The van der Waals surface area contributed by atoms with Crippen LogP contribution in [0.5, 0.6) is 5.75 Å². The van der Waals surface area contributed by atoms with Crippen LogP contribution < -0.4 is 10.1 Å². The van der Waals surface area contributed by atoms with Gasteiger partial charge in [0.2, 0.25) is 0 Å². The molecule has 0 spiro atoms. The Morgan fingerprint density at radius 2 is 2.00 bits per heavy atom. The molecule has 20 heavy (non-hydrogen) atoms. The molecule has 0 bridgehead atoms. The average Bonchev–Trinajstić information content (AvgIpc) is 2.44. The van der Waals surface area contributed by atoms with Crippen LogP contribution in [-0.4, -0.2) is 19.7 Å². The lowest BCUT2D eigenvalue weighted by Crippen LogP contribution is -2.18. The molecular weight excluding hydrogens is 314 g/mol. The highest BCUT2D eigenvalue weighted by Gasteiger charge is 2.07. The summed E-state index contributed by atoms with van der Waals surface area (Å²) in [5, 5.41) is 3.47. The Hall–Kier alpha value is -0.540. The molecule has 1 aromatic rings. The summed E-state index contributed by atoms with van der Waals surface area (Å²) < 4.78 is 6.84. The summed E-state index contributed by atoms with van der Waals surface area (Å²) in [7, 11) is 0. The highest BCUT2D eigenvalue weighted by Crippen LogP contribution is 2.26. The van der Waals surface area contributed by atoms with Crippen LogP contribution in [0.1, 0.15) is 45.6 Å². The lowest BCUT2D eigenvalue weighted by Gasteiger charge is -2.14. The van der Waals surface area contributed by atoms with E-state index in [-0.39, 0.29) is 0 Å². The van der Waals surface area contributed by atoms with Gasteiger partial charge in [-0.15, -0.1) is 0 Å². The third-order valence-electron chi connectivity index (χ3n) is 3.47. The van der Waals surface area contributed by atoms with Crippen molar-refractivity contribution in [2.75, 3.05) is 19.7 Å². The van der Waals surface area contributed by atoms with Crippen molar-refractivity contribution in [3.8, 4) is 5.75 Å². The highest BCUT2D eigenvalue weighted by atomic mass is 79.9. The molecule has 2 nitrogen and oxygen atoms in total. The summed E-state index contributed by atoms with van der Waals surface area (Å²) in [4.78, 5) is 0. The topological polar surface area (TPSA) is 21.3 Å². The summed E-state index contributed by atoms with van der Waals surface area (Å²) in [5.74, 6) is 1.78. The van der Waals surface area contributed by atoms with Gasteiger partial charge in [-0.3, -0.25) is 0 Å². The normalized spacial score (nSPS) is 12.4. The van der Waals surface area contributed by atoms with Crippen LogP contribution in [-0.2, 0) is 6.42 Å². The van der Waals surface area contributed by atoms with E-state index in [1.54, 1.807) is 0 Å². The van der Waals surface area contributed by atoms with E-state index in [0.29, 0.717) is 0 Å². The van der Waals surface area contributed by atoms with E-state index in [2.05, 4.69) is 47.2 Å². The van der Waals surface area contributed by atoms with E-state index in [1.165, 1.54) is 24.8 Å².